The Bertz CT molecular complexity index is 831. The van der Waals surface area contributed by atoms with Gasteiger partial charge in [0.1, 0.15) is 18.1 Å². The van der Waals surface area contributed by atoms with Gasteiger partial charge in [-0.15, -0.1) is 0 Å². The Hall–Kier alpha value is -2.98. The Kier molecular flexibility index (Phi) is 13.0. The Morgan fingerprint density at radius 3 is 1.91 bits per heavy atom. The first-order valence-electron chi connectivity index (χ1n) is 12.1. The van der Waals surface area contributed by atoms with Gasteiger partial charge >= 0.3 is 5.97 Å². The summed E-state index contributed by atoms with van der Waals surface area (Å²) in [6, 6.07) is 5.31. The van der Waals surface area contributed by atoms with Crippen LogP contribution in [-0.2, 0) is 25.6 Å². The van der Waals surface area contributed by atoms with E-state index in [0.717, 1.165) is 5.56 Å². The topological polar surface area (TPSA) is 177 Å². The number of carbonyl (C=O) groups is 4. The second-order valence-electron chi connectivity index (χ2n) is 9.43. The first-order chi connectivity index (χ1) is 16.5. The number of hydrogen-bond donors (Lipinski definition) is 6. The monoisotopic (exact) mass is 491 g/mol. The van der Waals surface area contributed by atoms with E-state index in [1.54, 1.807) is 13.8 Å². The van der Waals surface area contributed by atoms with Crippen molar-refractivity contribution in [3.05, 3.63) is 35.9 Å². The van der Waals surface area contributed by atoms with Crippen LogP contribution in [0.1, 0.15) is 52.5 Å². The largest absolute Gasteiger partial charge is 0.480 e. The van der Waals surface area contributed by atoms with E-state index in [2.05, 4.69) is 16.0 Å². The number of benzene rings is 1. The summed E-state index contributed by atoms with van der Waals surface area (Å²) >= 11 is 0. The molecule has 0 heterocycles. The van der Waals surface area contributed by atoms with Crippen molar-refractivity contribution in [3.8, 4) is 0 Å². The molecule has 1 aromatic carbocycles. The number of carboxylic acid groups (broad SMARTS) is 1. The van der Waals surface area contributed by atoms with Crippen LogP contribution in [0.5, 0.6) is 0 Å². The Balaban J connectivity index is 3.10. The van der Waals surface area contributed by atoms with Crippen LogP contribution >= 0.6 is 0 Å². The lowest BCUT2D eigenvalue weighted by Gasteiger charge is -2.26. The molecule has 0 spiro atoms. The molecule has 0 aromatic heterocycles. The number of rotatable bonds is 15. The summed E-state index contributed by atoms with van der Waals surface area (Å²) in [7, 11) is 0. The highest BCUT2D eigenvalue weighted by molar-refractivity contribution is 5.94. The molecule has 0 fully saturated rings. The third kappa shape index (κ3) is 10.4. The zero-order valence-electron chi connectivity index (χ0n) is 21.1. The highest BCUT2D eigenvalue weighted by Crippen LogP contribution is 2.09. The lowest BCUT2D eigenvalue weighted by Crippen LogP contribution is -2.58. The van der Waals surface area contributed by atoms with Crippen LogP contribution in [0.2, 0.25) is 0 Å². The van der Waals surface area contributed by atoms with E-state index in [0.29, 0.717) is 19.4 Å². The minimum absolute atomic E-state index is 0.130. The zero-order chi connectivity index (χ0) is 26.5. The van der Waals surface area contributed by atoms with Crippen LogP contribution < -0.4 is 27.4 Å². The van der Waals surface area contributed by atoms with Crippen molar-refractivity contribution in [1.82, 2.24) is 16.0 Å². The van der Waals surface area contributed by atoms with E-state index in [9.17, 15) is 24.3 Å². The summed E-state index contributed by atoms with van der Waals surface area (Å²) in [5.41, 5.74) is 12.4. The third-order valence-electron chi connectivity index (χ3n) is 5.75. The van der Waals surface area contributed by atoms with Gasteiger partial charge < -0.3 is 32.5 Å². The molecular formula is C25H41N5O5. The van der Waals surface area contributed by atoms with Gasteiger partial charge in [-0.1, -0.05) is 58.0 Å². The maximum Gasteiger partial charge on any atom is 0.326 e. The highest BCUT2D eigenvalue weighted by atomic mass is 16.4. The molecule has 10 nitrogen and oxygen atoms in total. The zero-order valence-corrected chi connectivity index (χ0v) is 21.1. The molecule has 0 aliphatic carbocycles. The molecule has 4 unspecified atom stereocenters. The Morgan fingerprint density at radius 1 is 0.829 bits per heavy atom. The predicted octanol–water partition coefficient (Wildman–Crippen LogP) is 0.536. The molecule has 35 heavy (non-hydrogen) atoms. The fourth-order valence-corrected chi connectivity index (χ4v) is 3.43. The van der Waals surface area contributed by atoms with Crippen LogP contribution in [0.25, 0.3) is 0 Å². The number of amides is 3. The lowest BCUT2D eigenvalue weighted by molar-refractivity contribution is -0.143. The average Bonchev–Trinajstić information content (AvgIpc) is 2.80. The molecule has 196 valence electrons. The Morgan fingerprint density at radius 2 is 1.40 bits per heavy atom. The molecule has 10 heteroatoms. The molecule has 0 radical (unpaired) electrons. The van der Waals surface area contributed by atoms with Crippen LogP contribution in [-0.4, -0.2) is 59.5 Å². The van der Waals surface area contributed by atoms with Crippen LogP contribution in [0.4, 0.5) is 0 Å². The first kappa shape index (κ1) is 30.1. The van der Waals surface area contributed by atoms with Gasteiger partial charge in [-0.05, 0) is 43.2 Å². The van der Waals surface area contributed by atoms with Crippen molar-refractivity contribution < 1.29 is 24.3 Å². The average molecular weight is 492 g/mol. The smallest absolute Gasteiger partial charge is 0.326 e. The highest BCUT2D eigenvalue weighted by Gasteiger charge is 2.31. The maximum atomic E-state index is 13.3. The van der Waals surface area contributed by atoms with Crippen LogP contribution in [0.3, 0.4) is 0 Å². The Labute approximate surface area is 207 Å². The summed E-state index contributed by atoms with van der Waals surface area (Å²) in [6.07, 6.45) is 1.67. The van der Waals surface area contributed by atoms with Gasteiger partial charge in [-0.25, -0.2) is 4.79 Å². The fourth-order valence-electron chi connectivity index (χ4n) is 3.43. The van der Waals surface area contributed by atoms with E-state index < -0.39 is 47.9 Å². The molecule has 0 aliphatic heterocycles. The minimum atomic E-state index is -1.16. The molecule has 0 saturated heterocycles. The molecule has 1 aromatic rings. The first-order valence-corrected chi connectivity index (χ1v) is 12.1. The van der Waals surface area contributed by atoms with Gasteiger partial charge in [0, 0.05) is 6.42 Å². The van der Waals surface area contributed by atoms with Crippen molar-refractivity contribution in [2.75, 3.05) is 6.54 Å². The second kappa shape index (κ2) is 15.1. The van der Waals surface area contributed by atoms with E-state index in [-0.39, 0.29) is 24.7 Å². The molecular weight excluding hydrogens is 450 g/mol. The summed E-state index contributed by atoms with van der Waals surface area (Å²) < 4.78 is 0. The van der Waals surface area contributed by atoms with Crippen molar-refractivity contribution in [3.63, 3.8) is 0 Å². The summed E-state index contributed by atoms with van der Waals surface area (Å²) in [5, 5.41) is 17.4. The van der Waals surface area contributed by atoms with Gasteiger partial charge in [0.05, 0.1) is 6.04 Å². The standard InChI is InChI=1S/C25H41N5O5/c1-15(2)20(27)24(33)29-19(14-17-10-6-5-7-11-17)23(32)28-18(12-8-9-13-26)22(31)30-21(16(3)4)25(34)35/h5-7,10-11,15-16,18-21H,8-9,12-14,26-27H2,1-4H3,(H,28,32)(H,29,33)(H,30,31)(H,34,35). The third-order valence-corrected chi connectivity index (χ3v) is 5.75. The number of aliphatic carboxylic acids is 1. The van der Waals surface area contributed by atoms with E-state index >= 15 is 0 Å². The molecule has 0 saturated carbocycles. The van der Waals surface area contributed by atoms with Gasteiger partial charge in [-0.2, -0.15) is 0 Å². The van der Waals surface area contributed by atoms with E-state index in [4.69, 9.17) is 11.5 Å². The molecule has 0 bridgehead atoms. The molecule has 1 rings (SSSR count). The number of nitrogens with one attached hydrogen (secondary N) is 3. The van der Waals surface area contributed by atoms with Crippen molar-refractivity contribution >= 4 is 23.7 Å². The van der Waals surface area contributed by atoms with Gasteiger partial charge in [0.15, 0.2) is 0 Å². The number of carbonyl (C=O) groups excluding carboxylic acids is 3. The fraction of sp³-hybridized carbons (Fsp3) is 0.600. The second-order valence-corrected chi connectivity index (χ2v) is 9.43. The van der Waals surface area contributed by atoms with Gasteiger partial charge in [0.2, 0.25) is 17.7 Å². The number of carboxylic acids is 1. The van der Waals surface area contributed by atoms with Crippen molar-refractivity contribution in [2.24, 2.45) is 23.3 Å². The predicted molar refractivity (Wildman–Crippen MR) is 134 cm³/mol. The van der Waals surface area contributed by atoms with Crippen molar-refractivity contribution in [2.45, 2.75) is 77.5 Å². The quantitative estimate of drug-likeness (QED) is 0.194. The van der Waals surface area contributed by atoms with E-state index in [1.165, 1.54) is 0 Å². The van der Waals surface area contributed by atoms with Gasteiger partial charge in [-0.3, -0.25) is 14.4 Å². The van der Waals surface area contributed by atoms with Gasteiger partial charge in [0.25, 0.3) is 0 Å². The SMILES string of the molecule is CC(C)C(N)C(=O)NC(Cc1ccccc1)C(=O)NC(CCCCN)C(=O)NC(C(=O)O)C(C)C. The molecule has 4 atom stereocenters. The molecule has 8 N–H and O–H groups in total. The summed E-state index contributed by atoms with van der Waals surface area (Å²) in [6.45, 7) is 7.41. The number of hydrogen-bond acceptors (Lipinski definition) is 6. The minimum Gasteiger partial charge on any atom is -0.480 e. The molecule has 0 aliphatic rings. The number of nitrogens with two attached hydrogens (primary N) is 2. The van der Waals surface area contributed by atoms with Crippen LogP contribution in [0.15, 0.2) is 30.3 Å². The summed E-state index contributed by atoms with van der Waals surface area (Å²) in [4.78, 5) is 50.5. The van der Waals surface area contributed by atoms with E-state index in [1.807, 2.05) is 44.2 Å². The summed E-state index contributed by atoms with van der Waals surface area (Å²) in [5.74, 6) is -3.25. The van der Waals surface area contributed by atoms with Crippen molar-refractivity contribution in [1.29, 1.82) is 0 Å². The maximum absolute atomic E-state index is 13.3. The normalized spacial score (nSPS) is 14.6. The lowest BCUT2D eigenvalue weighted by atomic mass is 10.0. The molecule has 3 amide bonds. The number of unbranched alkanes of at least 4 members (excludes halogenated alkanes) is 1. The van der Waals surface area contributed by atoms with Crippen LogP contribution in [0, 0.1) is 11.8 Å².